The van der Waals surface area contributed by atoms with E-state index in [1.54, 1.807) is 0 Å². The van der Waals surface area contributed by atoms with Crippen LogP contribution in [0.1, 0.15) is 50.7 Å². The number of carboxylic acids is 1. The summed E-state index contributed by atoms with van der Waals surface area (Å²) in [5.74, 6) is 1.24. The van der Waals surface area contributed by atoms with Crippen molar-refractivity contribution < 1.29 is 14.4 Å². The standard InChI is InChI=1S/C14H23N3O3/c1-2-3-4-12-15-13(20-16-12)10-17-8-7-11(9-17)5-6-14(18)19/h11H,2-10H2,1H3,(H,18,19). The van der Waals surface area contributed by atoms with Gasteiger partial charge in [0.1, 0.15) is 0 Å². The Kier molecular flexibility index (Phi) is 5.52. The molecule has 112 valence electrons. The Bertz CT molecular complexity index is 433. The summed E-state index contributed by atoms with van der Waals surface area (Å²) in [6.45, 7) is 4.74. The summed E-state index contributed by atoms with van der Waals surface area (Å²) in [5, 5.41) is 12.7. The van der Waals surface area contributed by atoms with Gasteiger partial charge < -0.3 is 9.63 Å². The zero-order valence-electron chi connectivity index (χ0n) is 12.0. The van der Waals surface area contributed by atoms with Gasteiger partial charge >= 0.3 is 5.97 Å². The number of likely N-dealkylation sites (tertiary alicyclic amines) is 1. The summed E-state index contributed by atoms with van der Waals surface area (Å²) in [6, 6.07) is 0. The molecule has 0 spiro atoms. The van der Waals surface area contributed by atoms with E-state index < -0.39 is 5.97 Å². The van der Waals surface area contributed by atoms with Crippen molar-refractivity contribution in [3.63, 3.8) is 0 Å². The minimum absolute atomic E-state index is 0.264. The molecule has 6 nitrogen and oxygen atoms in total. The summed E-state index contributed by atoms with van der Waals surface area (Å²) < 4.78 is 5.26. The highest BCUT2D eigenvalue weighted by molar-refractivity contribution is 5.66. The number of hydrogen-bond donors (Lipinski definition) is 1. The van der Waals surface area contributed by atoms with Crippen LogP contribution < -0.4 is 0 Å². The van der Waals surface area contributed by atoms with Crippen LogP contribution in [-0.4, -0.2) is 39.2 Å². The van der Waals surface area contributed by atoms with Crippen LogP contribution in [0.25, 0.3) is 0 Å². The number of aryl methyl sites for hydroxylation is 1. The predicted molar refractivity (Wildman–Crippen MR) is 73.2 cm³/mol. The monoisotopic (exact) mass is 281 g/mol. The van der Waals surface area contributed by atoms with Gasteiger partial charge in [0.25, 0.3) is 0 Å². The third-order valence-corrected chi connectivity index (χ3v) is 3.76. The molecule has 1 atom stereocenters. The molecule has 1 aliphatic rings. The highest BCUT2D eigenvalue weighted by atomic mass is 16.5. The summed E-state index contributed by atoms with van der Waals surface area (Å²) in [6.07, 6.45) is 5.17. The van der Waals surface area contributed by atoms with E-state index in [-0.39, 0.29) is 6.42 Å². The van der Waals surface area contributed by atoms with E-state index >= 15 is 0 Å². The predicted octanol–water partition coefficient (Wildman–Crippen LogP) is 2.10. The Labute approximate surface area is 119 Å². The van der Waals surface area contributed by atoms with Crippen molar-refractivity contribution in [2.24, 2.45) is 5.92 Å². The normalized spacial score (nSPS) is 19.6. The van der Waals surface area contributed by atoms with Crippen molar-refractivity contribution in [3.05, 3.63) is 11.7 Å². The van der Waals surface area contributed by atoms with Crippen molar-refractivity contribution in [2.75, 3.05) is 13.1 Å². The Morgan fingerprint density at radius 1 is 1.55 bits per heavy atom. The molecule has 1 N–H and O–H groups in total. The molecule has 1 aliphatic heterocycles. The van der Waals surface area contributed by atoms with Crippen molar-refractivity contribution in [1.29, 1.82) is 0 Å². The Morgan fingerprint density at radius 3 is 3.15 bits per heavy atom. The number of carboxylic acid groups (broad SMARTS) is 1. The molecule has 0 aliphatic carbocycles. The van der Waals surface area contributed by atoms with Gasteiger partial charge in [0.05, 0.1) is 6.54 Å². The van der Waals surface area contributed by atoms with Crippen molar-refractivity contribution >= 4 is 5.97 Å². The number of aromatic nitrogens is 2. The van der Waals surface area contributed by atoms with Crippen LogP contribution in [0.15, 0.2) is 4.52 Å². The van der Waals surface area contributed by atoms with Gasteiger partial charge in [-0.05, 0) is 31.7 Å². The fourth-order valence-electron chi connectivity index (χ4n) is 2.60. The molecule has 0 aromatic carbocycles. The zero-order valence-corrected chi connectivity index (χ0v) is 12.0. The largest absolute Gasteiger partial charge is 0.481 e. The third-order valence-electron chi connectivity index (χ3n) is 3.76. The van der Waals surface area contributed by atoms with Crippen LogP contribution in [0, 0.1) is 5.92 Å². The first-order valence-corrected chi connectivity index (χ1v) is 7.43. The lowest BCUT2D eigenvalue weighted by molar-refractivity contribution is -0.137. The zero-order chi connectivity index (χ0) is 14.4. The number of hydrogen-bond acceptors (Lipinski definition) is 5. The van der Waals surface area contributed by atoms with E-state index in [9.17, 15) is 4.79 Å². The second-order valence-electron chi connectivity index (χ2n) is 5.53. The molecule has 1 aromatic rings. The molecule has 1 fully saturated rings. The lowest BCUT2D eigenvalue weighted by atomic mass is 10.0. The molecule has 6 heteroatoms. The molecule has 0 saturated carbocycles. The molecule has 0 radical (unpaired) electrons. The maximum atomic E-state index is 10.6. The smallest absolute Gasteiger partial charge is 0.303 e. The van der Waals surface area contributed by atoms with E-state index in [0.717, 1.165) is 51.0 Å². The fraction of sp³-hybridized carbons (Fsp3) is 0.786. The lowest BCUT2D eigenvalue weighted by Gasteiger charge is -2.12. The number of unbranched alkanes of at least 4 members (excludes halogenated alkanes) is 1. The Morgan fingerprint density at radius 2 is 2.40 bits per heavy atom. The molecule has 2 heterocycles. The SMILES string of the molecule is CCCCc1noc(CN2CCC(CCC(=O)O)C2)n1. The number of rotatable bonds is 8. The second kappa shape index (κ2) is 7.38. The van der Waals surface area contributed by atoms with Crippen LogP contribution in [0.3, 0.4) is 0 Å². The molecule has 0 bridgehead atoms. The Hall–Kier alpha value is -1.43. The summed E-state index contributed by atoms with van der Waals surface area (Å²) >= 11 is 0. The maximum Gasteiger partial charge on any atom is 0.303 e. The van der Waals surface area contributed by atoms with E-state index in [4.69, 9.17) is 9.63 Å². The van der Waals surface area contributed by atoms with Crippen molar-refractivity contribution in [3.8, 4) is 0 Å². The van der Waals surface area contributed by atoms with Gasteiger partial charge in [-0.15, -0.1) is 0 Å². The molecule has 1 saturated heterocycles. The van der Waals surface area contributed by atoms with Crippen LogP contribution in [-0.2, 0) is 17.8 Å². The first-order valence-electron chi connectivity index (χ1n) is 7.43. The van der Waals surface area contributed by atoms with Crippen LogP contribution in [0.4, 0.5) is 0 Å². The first kappa shape index (κ1) is 15.0. The van der Waals surface area contributed by atoms with Crippen molar-refractivity contribution in [2.45, 2.75) is 52.0 Å². The van der Waals surface area contributed by atoms with E-state index in [1.165, 1.54) is 0 Å². The average Bonchev–Trinajstić information content (AvgIpc) is 3.04. The number of carbonyl (C=O) groups is 1. The summed E-state index contributed by atoms with van der Waals surface area (Å²) in [7, 11) is 0. The minimum Gasteiger partial charge on any atom is -0.481 e. The van der Waals surface area contributed by atoms with E-state index in [1.807, 2.05) is 0 Å². The quantitative estimate of drug-likeness (QED) is 0.786. The lowest BCUT2D eigenvalue weighted by Crippen LogP contribution is -2.20. The molecule has 1 unspecified atom stereocenters. The summed E-state index contributed by atoms with van der Waals surface area (Å²) in [5.41, 5.74) is 0. The highest BCUT2D eigenvalue weighted by Gasteiger charge is 2.24. The first-order chi connectivity index (χ1) is 9.67. The number of aliphatic carboxylic acids is 1. The molecular weight excluding hydrogens is 258 g/mol. The van der Waals surface area contributed by atoms with Gasteiger partial charge in [0.15, 0.2) is 5.82 Å². The van der Waals surface area contributed by atoms with Crippen LogP contribution in [0.5, 0.6) is 0 Å². The molecule has 2 rings (SSSR count). The van der Waals surface area contributed by atoms with Gasteiger partial charge in [0, 0.05) is 19.4 Å². The highest BCUT2D eigenvalue weighted by Crippen LogP contribution is 2.22. The summed E-state index contributed by atoms with van der Waals surface area (Å²) in [4.78, 5) is 17.2. The third kappa shape index (κ3) is 4.59. The topological polar surface area (TPSA) is 79.5 Å². The maximum absolute atomic E-state index is 10.6. The molecule has 20 heavy (non-hydrogen) atoms. The van der Waals surface area contributed by atoms with Crippen LogP contribution in [0.2, 0.25) is 0 Å². The van der Waals surface area contributed by atoms with Gasteiger partial charge in [-0.2, -0.15) is 4.98 Å². The Balaban J connectivity index is 1.74. The minimum atomic E-state index is -0.707. The van der Waals surface area contributed by atoms with Gasteiger partial charge in [-0.1, -0.05) is 18.5 Å². The molecular formula is C14H23N3O3. The second-order valence-corrected chi connectivity index (χ2v) is 5.53. The van der Waals surface area contributed by atoms with Crippen LogP contribution >= 0.6 is 0 Å². The molecule has 0 amide bonds. The van der Waals surface area contributed by atoms with Gasteiger partial charge in [-0.25, -0.2) is 0 Å². The van der Waals surface area contributed by atoms with E-state index in [2.05, 4.69) is 22.0 Å². The fourth-order valence-corrected chi connectivity index (χ4v) is 2.60. The molecule has 1 aromatic heterocycles. The van der Waals surface area contributed by atoms with Gasteiger partial charge in [-0.3, -0.25) is 9.69 Å². The van der Waals surface area contributed by atoms with Crippen molar-refractivity contribution in [1.82, 2.24) is 15.0 Å². The average molecular weight is 281 g/mol. The van der Waals surface area contributed by atoms with E-state index in [0.29, 0.717) is 18.4 Å². The number of nitrogens with zero attached hydrogens (tertiary/aromatic N) is 3. The van der Waals surface area contributed by atoms with Gasteiger partial charge in [0.2, 0.25) is 5.89 Å².